The molecule has 0 amide bonds. The predicted molar refractivity (Wildman–Crippen MR) is 81.1 cm³/mol. The third-order valence-corrected chi connectivity index (χ3v) is 3.35. The Morgan fingerprint density at radius 2 is 2.00 bits per heavy atom. The third-order valence-electron chi connectivity index (χ3n) is 3.02. The zero-order chi connectivity index (χ0) is 14.8. The average molecular weight is 302 g/mol. The molecule has 0 spiro atoms. The summed E-state index contributed by atoms with van der Waals surface area (Å²) in [5.41, 5.74) is 7.66. The van der Waals surface area contributed by atoms with Gasteiger partial charge in [0, 0.05) is 5.56 Å². The lowest BCUT2D eigenvalue weighted by Gasteiger charge is -2.03. The maximum absolute atomic E-state index is 6.00. The Morgan fingerprint density at radius 3 is 2.76 bits per heavy atom. The summed E-state index contributed by atoms with van der Waals surface area (Å²) in [7, 11) is 1.60. The number of hydrogen-bond acceptors (Lipinski definition) is 5. The van der Waals surface area contributed by atoms with E-state index in [1.54, 1.807) is 25.3 Å². The van der Waals surface area contributed by atoms with E-state index >= 15 is 0 Å². The van der Waals surface area contributed by atoms with Crippen molar-refractivity contribution in [3.8, 4) is 28.6 Å². The first-order valence-corrected chi connectivity index (χ1v) is 6.59. The van der Waals surface area contributed by atoms with Crippen LogP contribution in [0.1, 0.15) is 0 Å². The van der Waals surface area contributed by atoms with Gasteiger partial charge in [-0.25, -0.2) is 0 Å². The highest BCUT2D eigenvalue weighted by atomic mass is 35.5. The standard InChI is InChI=1S/C15H12ClN3O2/c1-20-13-5-3-2-4-10(13)14-18-15(21-19-14)9-6-7-12(17)11(16)8-9/h2-8H,17H2,1H3. The Balaban J connectivity index is 2.01. The molecule has 0 bridgehead atoms. The van der Waals surface area contributed by atoms with Gasteiger partial charge in [0.1, 0.15) is 5.75 Å². The molecule has 0 atom stereocenters. The van der Waals surface area contributed by atoms with Gasteiger partial charge in [-0.2, -0.15) is 4.98 Å². The topological polar surface area (TPSA) is 74.2 Å². The molecule has 0 unspecified atom stereocenters. The number of hydrogen-bond donors (Lipinski definition) is 1. The number of anilines is 1. The molecule has 0 radical (unpaired) electrons. The number of aromatic nitrogens is 2. The van der Waals surface area contributed by atoms with Gasteiger partial charge in [0.2, 0.25) is 5.82 Å². The molecule has 2 N–H and O–H groups in total. The summed E-state index contributed by atoms with van der Waals surface area (Å²) in [6.07, 6.45) is 0. The molecule has 5 nitrogen and oxygen atoms in total. The zero-order valence-corrected chi connectivity index (χ0v) is 12.0. The van der Waals surface area contributed by atoms with Crippen molar-refractivity contribution in [1.29, 1.82) is 0 Å². The first-order valence-electron chi connectivity index (χ1n) is 6.21. The molecule has 1 aromatic heterocycles. The van der Waals surface area contributed by atoms with E-state index < -0.39 is 0 Å². The number of benzene rings is 2. The highest BCUT2D eigenvalue weighted by Crippen LogP contribution is 2.30. The molecule has 6 heteroatoms. The molecule has 3 rings (SSSR count). The SMILES string of the molecule is COc1ccccc1-c1noc(-c2ccc(N)c(Cl)c2)n1. The Hall–Kier alpha value is -2.53. The summed E-state index contributed by atoms with van der Waals surface area (Å²) in [4.78, 5) is 4.37. The van der Waals surface area contributed by atoms with Crippen molar-refractivity contribution in [2.45, 2.75) is 0 Å². The van der Waals surface area contributed by atoms with Gasteiger partial charge < -0.3 is 15.0 Å². The Kier molecular flexibility index (Phi) is 3.50. The van der Waals surface area contributed by atoms with E-state index in [1.165, 1.54) is 0 Å². The maximum Gasteiger partial charge on any atom is 0.258 e. The molecule has 21 heavy (non-hydrogen) atoms. The van der Waals surface area contributed by atoms with Crippen LogP contribution in [0.5, 0.6) is 5.75 Å². The summed E-state index contributed by atoms with van der Waals surface area (Å²) >= 11 is 6.00. The fourth-order valence-electron chi connectivity index (χ4n) is 1.94. The average Bonchev–Trinajstić information content (AvgIpc) is 2.99. The highest BCUT2D eigenvalue weighted by Gasteiger charge is 2.14. The number of nitrogen functional groups attached to an aromatic ring is 1. The maximum atomic E-state index is 6.00. The quantitative estimate of drug-likeness (QED) is 0.747. The molecule has 1 heterocycles. The molecule has 3 aromatic rings. The second-order valence-corrected chi connectivity index (χ2v) is 4.77. The number of nitrogens with zero attached hydrogens (tertiary/aromatic N) is 2. The molecule has 0 fully saturated rings. The minimum absolute atomic E-state index is 0.373. The third kappa shape index (κ3) is 2.55. The number of ether oxygens (including phenoxy) is 1. The van der Waals surface area contributed by atoms with Gasteiger partial charge in [-0.15, -0.1) is 0 Å². The molecular weight excluding hydrogens is 290 g/mol. The van der Waals surface area contributed by atoms with Crippen molar-refractivity contribution in [3.63, 3.8) is 0 Å². The highest BCUT2D eigenvalue weighted by molar-refractivity contribution is 6.33. The normalized spacial score (nSPS) is 10.6. The first kappa shape index (κ1) is 13.5. The number of halogens is 1. The Labute approximate surface area is 126 Å². The number of para-hydroxylation sites is 1. The van der Waals surface area contributed by atoms with Gasteiger partial charge in [0.05, 0.1) is 23.4 Å². The summed E-state index contributed by atoms with van der Waals surface area (Å²) < 4.78 is 10.6. The van der Waals surface area contributed by atoms with E-state index in [4.69, 9.17) is 26.6 Å². The summed E-state index contributed by atoms with van der Waals surface area (Å²) in [5.74, 6) is 1.51. The fraction of sp³-hybridized carbons (Fsp3) is 0.0667. The van der Waals surface area contributed by atoms with Crippen LogP contribution in [0.2, 0.25) is 5.02 Å². The number of methoxy groups -OCH3 is 1. The van der Waals surface area contributed by atoms with Gasteiger partial charge in [-0.1, -0.05) is 28.9 Å². The largest absolute Gasteiger partial charge is 0.496 e. The first-order chi connectivity index (χ1) is 10.2. The van der Waals surface area contributed by atoms with Gasteiger partial charge in [0.25, 0.3) is 5.89 Å². The molecule has 0 saturated carbocycles. The molecular formula is C15H12ClN3O2. The minimum Gasteiger partial charge on any atom is -0.496 e. The predicted octanol–water partition coefficient (Wildman–Crippen LogP) is 3.65. The lowest BCUT2D eigenvalue weighted by atomic mass is 10.2. The van der Waals surface area contributed by atoms with Crippen LogP contribution in [0.25, 0.3) is 22.8 Å². The molecule has 0 saturated heterocycles. The van der Waals surface area contributed by atoms with Gasteiger partial charge >= 0.3 is 0 Å². The molecule has 106 valence electrons. The van der Waals surface area contributed by atoms with Crippen LogP contribution in [0.15, 0.2) is 47.0 Å². The zero-order valence-electron chi connectivity index (χ0n) is 11.2. The van der Waals surface area contributed by atoms with E-state index in [9.17, 15) is 0 Å². The summed E-state index contributed by atoms with van der Waals surface area (Å²) in [6.45, 7) is 0. The minimum atomic E-state index is 0.373. The Morgan fingerprint density at radius 1 is 1.19 bits per heavy atom. The summed E-state index contributed by atoms with van der Waals surface area (Å²) in [6, 6.07) is 12.6. The van der Waals surface area contributed by atoms with Crippen molar-refractivity contribution in [2.75, 3.05) is 12.8 Å². The molecule has 2 aromatic carbocycles. The van der Waals surface area contributed by atoms with E-state index in [0.29, 0.717) is 33.7 Å². The van der Waals surface area contributed by atoms with Crippen LogP contribution < -0.4 is 10.5 Å². The monoisotopic (exact) mass is 301 g/mol. The van der Waals surface area contributed by atoms with E-state index in [-0.39, 0.29) is 0 Å². The fourth-order valence-corrected chi connectivity index (χ4v) is 2.12. The van der Waals surface area contributed by atoms with Crippen LogP contribution in [-0.2, 0) is 0 Å². The van der Waals surface area contributed by atoms with Crippen LogP contribution in [0, 0.1) is 0 Å². The van der Waals surface area contributed by atoms with Crippen LogP contribution in [0.3, 0.4) is 0 Å². The Bertz CT molecular complexity index is 786. The number of nitrogens with two attached hydrogens (primary N) is 1. The van der Waals surface area contributed by atoms with Crippen LogP contribution in [-0.4, -0.2) is 17.3 Å². The second-order valence-electron chi connectivity index (χ2n) is 4.36. The van der Waals surface area contributed by atoms with Crippen molar-refractivity contribution in [3.05, 3.63) is 47.5 Å². The molecule has 0 aliphatic heterocycles. The molecule has 0 aliphatic carbocycles. The van der Waals surface area contributed by atoms with Crippen molar-refractivity contribution >= 4 is 17.3 Å². The van der Waals surface area contributed by atoms with Crippen molar-refractivity contribution in [2.24, 2.45) is 0 Å². The molecule has 0 aliphatic rings. The smallest absolute Gasteiger partial charge is 0.258 e. The van der Waals surface area contributed by atoms with E-state index in [1.807, 2.05) is 24.3 Å². The van der Waals surface area contributed by atoms with E-state index in [2.05, 4.69) is 10.1 Å². The summed E-state index contributed by atoms with van der Waals surface area (Å²) in [5, 5.41) is 4.43. The van der Waals surface area contributed by atoms with Gasteiger partial charge in [0.15, 0.2) is 0 Å². The lowest BCUT2D eigenvalue weighted by Crippen LogP contribution is -1.89. The van der Waals surface area contributed by atoms with Crippen LogP contribution >= 0.6 is 11.6 Å². The number of rotatable bonds is 3. The van der Waals surface area contributed by atoms with Crippen molar-refractivity contribution in [1.82, 2.24) is 10.1 Å². The van der Waals surface area contributed by atoms with Crippen LogP contribution in [0.4, 0.5) is 5.69 Å². The van der Waals surface area contributed by atoms with Gasteiger partial charge in [-0.05, 0) is 30.3 Å². The van der Waals surface area contributed by atoms with Gasteiger partial charge in [-0.3, -0.25) is 0 Å². The van der Waals surface area contributed by atoms with E-state index in [0.717, 1.165) is 5.56 Å². The van der Waals surface area contributed by atoms with Crippen molar-refractivity contribution < 1.29 is 9.26 Å². The lowest BCUT2D eigenvalue weighted by molar-refractivity contribution is 0.413. The second kappa shape index (κ2) is 5.46.